The summed E-state index contributed by atoms with van der Waals surface area (Å²) < 4.78 is 11.0. The predicted molar refractivity (Wildman–Crippen MR) is 133 cm³/mol. The number of rotatable bonds is 5. The third-order valence-corrected chi connectivity index (χ3v) is 6.84. The molecule has 0 bridgehead atoms. The number of para-hydroxylation sites is 2. The average molecular weight is 478 g/mol. The number of fused-ring (bicyclic) bond motifs is 3. The van der Waals surface area contributed by atoms with E-state index in [1.54, 1.807) is 9.25 Å². The minimum atomic E-state index is -0.323. The van der Waals surface area contributed by atoms with Gasteiger partial charge in [0.15, 0.2) is 0 Å². The second-order valence-corrected chi connectivity index (χ2v) is 8.94. The van der Waals surface area contributed by atoms with E-state index in [4.69, 9.17) is 22.1 Å². The van der Waals surface area contributed by atoms with E-state index in [9.17, 15) is 9.59 Å². The van der Waals surface area contributed by atoms with Gasteiger partial charge in [0, 0.05) is 6.54 Å². The molecule has 176 valence electrons. The molecule has 8 nitrogen and oxygen atoms in total. The van der Waals surface area contributed by atoms with Gasteiger partial charge in [-0.2, -0.15) is 0 Å². The molecular weight excluding hydrogens is 450 g/mol. The molecule has 2 aromatic heterocycles. The lowest BCUT2D eigenvalue weighted by Crippen LogP contribution is -2.46. The highest BCUT2D eigenvalue weighted by Crippen LogP contribution is 2.22. The third kappa shape index (κ3) is 3.74. The molecule has 3 heterocycles. The van der Waals surface area contributed by atoms with Crippen molar-refractivity contribution in [3.8, 4) is 5.69 Å². The summed E-state index contributed by atoms with van der Waals surface area (Å²) in [4.78, 5) is 28.3. The number of ether oxygens (including phenoxy) is 1. The molecule has 1 fully saturated rings. The molecule has 34 heavy (non-hydrogen) atoms. The number of esters is 1. The van der Waals surface area contributed by atoms with Crippen molar-refractivity contribution in [1.82, 2.24) is 23.6 Å². The zero-order valence-corrected chi connectivity index (χ0v) is 20.1. The molecule has 1 saturated heterocycles. The fourth-order valence-corrected chi connectivity index (χ4v) is 5.05. The van der Waals surface area contributed by atoms with E-state index >= 15 is 0 Å². The predicted octanol–water partition coefficient (Wildman–Crippen LogP) is 3.85. The van der Waals surface area contributed by atoms with Crippen molar-refractivity contribution in [2.45, 2.75) is 45.8 Å². The summed E-state index contributed by atoms with van der Waals surface area (Å²) in [6.45, 7) is 5.24. The van der Waals surface area contributed by atoms with Gasteiger partial charge in [0.05, 0.1) is 29.9 Å². The van der Waals surface area contributed by atoms with Gasteiger partial charge in [0.1, 0.15) is 6.04 Å². The van der Waals surface area contributed by atoms with Crippen molar-refractivity contribution >= 4 is 34.9 Å². The molecule has 0 amide bonds. The molecule has 0 saturated carbocycles. The van der Waals surface area contributed by atoms with Gasteiger partial charge in [-0.1, -0.05) is 36.8 Å². The van der Waals surface area contributed by atoms with E-state index in [1.807, 2.05) is 66.8 Å². The zero-order chi connectivity index (χ0) is 23.8. The van der Waals surface area contributed by atoms with Gasteiger partial charge < -0.3 is 4.74 Å². The molecule has 0 spiro atoms. The molecule has 2 aromatic carbocycles. The van der Waals surface area contributed by atoms with Crippen LogP contribution in [0.3, 0.4) is 0 Å². The quantitative estimate of drug-likeness (QED) is 0.321. The molecule has 0 aliphatic carbocycles. The second kappa shape index (κ2) is 9.15. The number of carbonyl (C=O) groups is 1. The number of carbonyl (C=O) groups excluding carboxylic acids is 1. The lowest BCUT2D eigenvalue weighted by molar-refractivity contribution is -0.151. The molecule has 1 aliphatic heterocycles. The molecule has 4 aromatic rings. The van der Waals surface area contributed by atoms with Crippen LogP contribution >= 0.6 is 12.2 Å². The summed E-state index contributed by atoms with van der Waals surface area (Å²) in [6, 6.07) is 14.8. The first kappa shape index (κ1) is 22.5. The number of hydrogen-bond donors (Lipinski definition) is 0. The molecule has 5 rings (SSSR count). The Bertz CT molecular complexity index is 1500. The van der Waals surface area contributed by atoms with Gasteiger partial charge in [-0.05, 0) is 62.7 Å². The van der Waals surface area contributed by atoms with Gasteiger partial charge in [-0.25, -0.2) is 9.25 Å². The second-order valence-electron chi connectivity index (χ2n) is 8.58. The summed E-state index contributed by atoms with van der Waals surface area (Å²) in [7, 11) is 0. The largest absolute Gasteiger partial charge is 0.465 e. The van der Waals surface area contributed by atoms with Crippen LogP contribution in [-0.4, -0.2) is 48.8 Å². The average Bonchev–Trinajstić information content (AvgIpc) is 3.16. The lowest BCUT2D eigenvalue weighted by atomic mass is 10.0. The van der Waals surface area contributed by atoms with Crippen LogP contribution < -0.4 is 5.56 Å². The number of hydrogen-bond acceptors (Lipinski definition) is 6. The van der Waals surface area contributed by atoms with Crippen molar-refractivity contribution in [3.05, 3.63) is 69.2 Å². The first-order valence-corrected chi connectivity index (χ1v) is 12.0. The Morgan fingerprint density at radius 2 is 1.91 bits per heavy atom. The summed E-state index contributed by atoms with van der Waals surface area (Å²) in [5, 5.41) is 5.39. The Morgan fingerprint density at radius 3 is 2.71 bits per heavy atom. The normalized spacial score (nSPS) is 16.8. The zero-order valence-electron chi connectivity index (χ0n) is 19.3. The fourth-order valence-electron chi connectivity index (χ4n) is 4.77. The van der Waals surface area contributed by atoms with Crippen molar-refractivity contribution in [2.75, 3.05) is 13.2 Å². The van der Waals surface area contributed by atoms with Crippen molar-refractivity contribution in [3.63, 3.8) is 0 Å². The van der Waals surface area contributed by atoms with Crippen LogP contribution in [0.25, 0.3) is 22.4 Å². The number of benzene rings is 2. The monoisotopic (exact) mass is 477 g/mol. The van der Waals surface area contributed by atoms with E-state index in [1.165, 1.54) is 0 Å². The summed E-state index contributed by atoms with van der Waals surface area (Å²) >= 11 is 5.87. The van der Waals surface area contributed by atoms with Crippen LogP contribution in [0.5, 0.6) is 0 Å². The van der Waals surface area contributed by atoms with E-state index in [0.717, 1.165) is 37.1 Å². The van der Waals surface area contributed by atoms with Gasteiger partial charge in [-0.3, -0.25) is 18.9 Å². The summed E-state index contributed by atoms with van der Waals surface area (Å²) in [6.07, 6.45) is 2.72. The highest BCUT2D eigenvalue weighted by atomic mass is 32.1. The molecular formula is C25H27N5O3S. The van der Waals surface area contributed by atoms with Crippen LogP contribution in [0, 0.1) is 11.7 Å². The van der Waals surface area contributed by atoms with Gasteiger partial charge in [0.25, 0.3) is 5.56 Å². The highest BCUT2D eigenvalue weighted by molar-refractivity contribution is 7.71. The van der Waals surface area contributed by atoms with Crippen molar-refractivity contribution < 1.29 is 9.53 Å². The SMILES string of the molecule is CCOC(=O)C1CCCCN1Cn1nc2n(-c3ccccc3C)c(=O)c3ccccc3n2c1=S. The Kier molecular flexibility index (Phi) is 6.05. The minimum Gasteiger partial charge on any atom is -0.465 e. The molecule has 0 N–H and O–H groups in total. The third-order valence-electron chi connectivity index (χ3n) is 6.44. The van der Waals surface area contributed by atoms with Crippen LogP contribution in [0.4, 0.5) is 0 Å². The first-order chi connectivity index (χ1) is 16.5. The van der Waals surface area contributed by atoms with E-state index in [0.29, 0.717) is 34.7 Å². The lowest BCUT2D eigenvalue weighted by Gasteiger charge is -2.33. The maximum atomic E-state index is 13.6. The van der Waals surface area contributed by atoms with Crippen molar-refractivity contribution in [2.24, 2.45) is 0 Å². The van der Waals surface area contributed by atoms with Crippen LogP contribution in [0.15, 0.2) is 53.3 Å². The van der Waals surface area contributed by atoms with E-state index in [2.05, 4.69) is 4.90 Å². The maximum Gasteiger partial charge on any atom is 0.323 e. The summed E-state index contributed by atoms with van der Waals surface area (Å²) in [5.41, 5.74) is 2.29. The molecule has 9 heteroatoms. The number of nitrogens with zero attached hydrogens (tertiary/aromatic N) is 5. The number of aryl methyl sites for hydroxylation is 1. The Hall–Kier alpha value is -3.30. The Balaban J connectivity index is 1.71. The Morgan fingerprint density at radius 1 is 1.15 bits per heavy atom. The highest BCUT2D eigenvalue weighted by Gasteiger charge is 2.30. The van der Waals surface area contributed by atoms with Gasteiger partial charge in [-0.15, -0.1) is 5.10 Å². The standard InChI is InChI=1S/C25H27N5O3S/c1-3-33-23(32)21-14-8-9-15-27(21)16-28-25(34)30-20-13-7-5-11-18(20)22(31)29(24(30)26-28)19-12-6-4-10-17(19)2/h4-7,10-13,21H,3,8-9,14-16H2,1-2H3. The fraction of sp³-hybridized carbons (Fsp3) is 0.360. The van der Waals surface area contributed by atoms with Crippen LogP contribution in [0.1, 0.15) is 31.7 Å². The van der Waals surface area contributed by atoms with E-state index in [-0.39, 0.29) is 17.6 Å². The van der Waals surface area contributed by atoms with Crippen LogP contribution in [0.2, 0.25) is 0 Å². The molecule has 1 unspecified atom stereocenters. The van der Waals surface area contributed by atoms with Gasteiger partial charge >= 0.3 is 5.97 Å². The van der Waals surface area contributed by atoms with Crippen LogP contribution in [-0.2, 0) is 16.2 Å². The maximum absolute atomic E-state index is 13.6. The van der Waals surface area contributed by atoms with Gasteiger partial charge in [0.2, 0.25) is 10.5 Å². The number of likely N-dealkylation sites (tertiary alicyclic amines) is 1. The number of piperidine rings is 1. The Labute approximate surface area is 202 Å². The van der Waals surface area contributed by atoms with Crippen molar-refractivity contribution in [1.29, 1.82) is 0 Å². The number of aromatic nitrogens is 4. The molecule has 0 radical (unpaired) electrons. The topological polar surface area (TPSA) is 73.8 Å². The molecule has 1 atom stereocenters. The first-order valence-electron chi connectivity index (χ1n) is 11.6. The summed E-state index contributed by atoms with van der Waals surface area (Å²) in [5.74, 6) is 0.243. The molecule has 1 aliphatic rings. The van der Waals surface area contributed by atoms with E-state index < -0.39 is 0 Å². The smallest absolute Gasteiger partial charge is 0.323 e. The minimum absolute atomic E-state index is 0.146.